The van der Waals surface area contributed by atoms with Gasteiger partial charge in [0.15, 0.2) is 5.96 Å². The van der Waals surface area contributed by atoms with Crippen molar-refractivity contribution in [3.05, 3.63) is 54.0 Å². The highest BCUT2D eigenvalue weighted by atomic mass is 19.1. The van der Waals surface area contributed by atoms with Crippen molar-refractivity contribution < 1.29 is 9.13 Å². The molecule has 0 radical (unpaired) electrons. The topological polar surface area (TPSA) is 58.5 Å². The Morgan fingerprint density at radius 3 is 2.71 bits per heavy atom. The van der Waals surface area contributed by atoms with E-state index in [-0.39, 0.29) is 11.4 Å². The minimum Gasteiger partial charge on any atom is -0.439 e. The molecule has 0 aliphatic carbocycles. The van der Waals surface area contributed by atoms with E-state index in [9.17, 15) is 4.39 Å². The van der Waals surface area contributed by atoms with Crippen molar-refractivity contribution in [2.45, 2.75) is 32.9 Å². The first-order chi connectivity index (χ1) is 11.4. The molecule has 24 heavy (non-hydrogen) atoms. The van der Waals surface area contributed by atoms with E-state index in [4.69, 9.17) is 4.74 Å². The number of guanidine groups is 1. The Balaban J connectivity index is 2.09. The third-order valence-corrected chi connectivity index (χ3v) is 3.02. The van der Waals surface area contributed by atoms with Crippen molar-refractivity contribution in [2.24, 2.45) is 4.99 Å². The highest BCUT2D eigenvalue weighted by molar-refractivity contribution is 5.80. The SMILES string of the molecule is CN=C(NCc1cccnc1Oc1cccc(F)c1)NC(C)(C)C. The minimum atomic E-state index is -0.349. The second kappa shape index (κ2) is 7.77. The molecule has 0 aliphatic rings. The summed E-state index contributed by atoms with van der Waals surface area (Å²) in [6, 6.07) is 9.71. The van der Waals surface area contributed by atoms with E-state index in [2.05, 4.69) is 41.4 Å². The number of benzene rings is 1. The van der Waals surface area contributed by atoms with Gasteiger partial charge in [-0.3, -0.25) is 4.99 Å². The van der Waals surface area contributed by atoms with Gasteiger partial charge in [0.25, 0.3) is 0 Å². The molecule has 1 aromatic heterocycles. The van der Waals surface area contributed by atoms with Gasteiger partial charge in [0.2, 0.25) is 5.88 Å². The Kier molecular flexibility index (Phi) is 5.73. The molecule has 0 bridgehead atoms. The highest BCUT2D eigenvalue weighted by Gasteiger charge is 2.13. The quantitative estimate of drug-likeness (QED) is 0.666. The van der Waals surface area contributed by atoms with Crippen molar-refractivity contribution in [1.82, 2.24) is 15.6 Å². The number of nitrogens with zero attached hydrogens (tertiary/aromatic N) is 2. The van der Waals surface area contributed by atoms with Gasteiger partial charge in [-0.15, -0.1) is 0 Å². The molecule has 2 rings (SSSR count). The van der Waals surface area contributed by atoms with E-state index in [0.717, 1.165) is 5.56 Å². The van der Waals surface area contributed by atoms with Gasteiger partial charge in [-0.25, -0.2) is 9.37 Å². The molecule has 0 amide bonds. The molecule has 128 valence electrons. The fraction of sp³-hybridized carbons (Fsp3) is 0.333. The van der Waals surface area contributed by atoms with Crippen LogP contribution in [-0.4, -0.2) is 23.5 Å². The monoisotopic (exact) mass is 330 g/mol. The first-order valence-corrected chi connectivity index (χ1v) is 7.73. The predicted octanol–water partition coefficient (Wildman–Crippen LogP) is 3.48. The van der Waals surface area contributed by atoms with Crippen LogP contribution < -0.4 is 15.4 Å². The first-order valence-electron chi connectivity index (χ1n) is 7.73. The molecular weight excluding hydrogens is 307 g/mol. The van der Waals surface area contributed by atoms with E-state index in [1.807, 2.05) is 12.1 Å². The number of pyridine rings is 1. The molecule has 2 N–H and O–H groups in total. The minimum absolute atomic E-state index is 0.0995. The molecule has 0 unspecified atom stereocenters. The van der Waals surface area contributed by atoms with Crippen LogP contribution in [0.1, 0.15) is 26.3 Å². The van der Waals surface area contributed by atoms with Crippen LogP contribution in [-0.2, 0) is 6.54 Å². The zero-order valence-electron chi connectivity index (χ0n) is 14.4. The van der Waals surface area contributed by atoms with Gasteiger partial charge < -0.3 is 15.4 Å². The van der Waals surface area contributed by atoms with Crippen molar-refractivity contribution in [1.29, 1.82) is 0 Å². The third kappa shape index (κ3) is 5.53. The second-order valence-electron chi connectivity index (χ2n) is 6.33. The second-order valence-corrected chi connectivity index (χ2v) is 6.33. The van der Waals surface area contributed by atoms with E-state index in [0.29, 0.717) is 24.1 Å². The van der Waals surface area contributed by atoms with Gasteiger partial charge in [-0.05, 0) is 39.0 Å². The summed E-state index contributed by atoms with van der Waals surface area (Å²) in [4.78, 5) is 8.43. The maximum Gasteiger partial charge on any atom is 0.224 e. The molecule has 0 aliphatic heterocycles. The van der Waals surface area contributed by atoms with E-state index in [1.54, 1.807) is 25.4 Å². The fourth-order valence-corrected chi connectivity index (χ4v) is 2.01. The summed E-state index contributed by atoms with van der Waals surface area (Å²) in [5, 5.41) is 6.51. The summed E-state index contributed by atoms with van der Waals surface area (Å²) in [7, 11) is 1.72. The van der Waals surface area contributed by atoms with Gasteiger partial charge in [-0.2, -0.15) is 0 Å². The van der Waals surface area contributed by atoms with Crippen LogP contribution in [0.15, 0.2) is 47.6 Å². The van der Waals surface area contributed by atoms with Crippen LogP contribution in [0.25, 0.3) is 0 Å². The Bertz CT molecular complexity index is 710. The molecule has 0 saturated heterocycles. The van der Waals surface area contributed by atoms with Crippen LogP contribution in [0, 0.1) is 5.82 Å². The van der Waals surface area contributed by atoms with Crippen LogP contribution in [0.2, 0.25) is 0 Å². The average molecular weight is 330 g/mol. The molecule has 1 aromatic carbocycles. The van der Waals surface area contributed by atoms with Gasteiger partial charge >= 0.3 is 0 Å². The van der Waals surface area contributed by atoms with Crippen LogP contribution >= 0.6 is 0 Å². The van der Waals surface area contributed by atoms with Crippen molar-refractivity contribution in [2.75, 3.05) is 7.05 Å². The normalized spacial score (nSPS) is 12.0. The molecule has 0 spiro atoms. The molecule has 0 fully saturated rings. The lowest BCUT2D eigenvalue weighted by Crippen LogP contribution is -2.47. The Labute approximate surface area is 142 Å². The smallest absolute Gasteiger partial charge is 0.224 e. The number of ether oxygens (including phenoxy) is 1. The lowest BCUT2D eigenvalue weighted by Gasteiger charge is -2.24. The molecule has 0 saturated carbocycles. The summed E-state index contributed by atoms with van der Waals surface area (Å²) >= 11 is 0. The molecule has 1 heterocycles. The summed E-state index contributed by atoms with van der Waals surface area (Å²) < 4.78 is 19.0. The zero-order valence-corrected chi connectivity index (χ0v) is 14.4. The van der Waals surface area contributed by atoms with E-state index >= 15 is 0 Å². The number of nitrogens with one attached hydrogen (secondary N) is 2. The number of hydrogen-bond donors (Lipinski definition) is 2. The maximum absolute atomic E-state index is 13.3. The van der Waals surface area contributed by atoms with Gasteiger partial charge in [0.1, 0.15) is 11.6 Å². The number of aromatic nitrogens is 1. The van der Waals surface area contributed by atoms with Crippen LogP contribution in [0.3, 0.4) is 0 Å². The summed E-state index contributed by atoms with van der Waals surface area (Å²) in [6.07, 6.45) is 1.64. The standard InChI is InChI=1S/C18H23FN4O/c1-18(2,3)23-17(20-4)22-12-13-7-6-10-21-16(13)24-15-9-5-8-14(19)11-15/h5-11H,12H2,1-4H3,(H2,20,22,23). The maximum atomic E-state index is 13.3. The first kappa shape index (κ1) is 17.7. The largest absolute Gasteiger partial charge is 0.439 e. The zero-order chi connectivity index (χ0) is 17.6. The molecular formula is C18H23FN4O. The van der Waals surface area contributed by atoms with Crippen molar-refractivity contribution in [3.63, 3.8) is 0 Å². The van der Waals surface area contributed by atoms with E-state index in [1.165, 1.54) is 12.1 Å². The summed E-state index contributed by atoms with van der Waals surface area (Å²) in [5.74, 6) is 1.18. The Morgan fingerprint density at radius 2 is 2.04 bits per heavy atom. The molecule has 6 heteroatoms. The third-order valence-electron chi connectivity index (χ3n) is 3.02. The number of rotatable bonds is 4. The van der Waals surface area contributed by atoms with Crippen LogP contribution in [0.4, 0.5) is 4.39 Å². The summed E-state index contributed by atoms with van der Waals surface area (Å²) in [5.41, 5.74) is 0.746. The molecule has 0 atom stereocenters. The predicted molar refractivity (Wildman–Crippen MR) is 93.8 cm³/mol. The highest BCUT2D eigenvalue weighted by Crippen LogP contribution is 2.23. The van der Waals surface area contributed by atoms with Gasteiger partial charge in [-0.1, -0.05) is 12.1 Å². The average Bonchev–Trinajstić information content (AvgIpc) is 2.51. The number of hydrogen-bond acceptors (Lipinski definition) is 3. The number of aliphatic imine (C=N–C) groups is 1. The molecule has 2 aromatic rings. The Hall–Kier alpha value is -2.63. The Morgan fingerprint density at radius 1 is 1.25 bits per heavy atom. The lowest BCUT2D eigenvalue weighted by atomic mass is 10.1. The van der Waals surface area contributed by atoms with Crippen molar-refractivity contribution in [3.8, 4) is 11.6 Å². The lowest BCUT2D eigenvalue weighted by molar-refractivity contribution is 0.450. The van der Waals surface area contributed by atoms with Gasteiger partial charge in [0, 0.05) is 37.0 Å². The fourth-order valence-electron chi connectivity index (χ4n) is 2.01. The van der Waals surface area contributed by atoms with E-state index < -0.39 is 0 Å². The van der Waals surface area contributed by atoms with Crippen LogP contribution in [0.5, 0.6) is 11.6 Å². The number of halogens is 1. The van der Waals surface area contributed by atoms with Crippen molar-refractivity contribution >= 4 is 5.96 Å². The van der Waals surface area contributed by atoms with Gasteiger partial charge in [0.05, 0.1) is 0 Å². The summed E-state index contributed by atoms with van der Waals surface area (Å²) in [6.45, 7) is 6.65. The molecule has 5 nitrogen and oxygen atoms in total.